The van der Waals surface area contributed by atoms with Crippen LogP contribution in [0.15, 0.2) is 47.4 Å². The van der Waals surface area contributed by atoms with Crippen molar-refractivity contribution in [3.63, 3.8) is 0 Å². The van der Waals surface area contributed by atoms with E-state index >= 15 is 0 Å². The maximum absolute atomic E-state index is 12.8. The highest BCUT2D eigenvalue weighted by Gasteiger charge is 2.31. The molecular formula is C14H10F3N3O. The van der Waals surface area contributed by atoms with Gasteiger partial charge in [-0.05, 0) is 30.3 Å². The van der Waals surface area contributed by atoms with Gasteiger partial charge in [-0.2, -0.15) is 13.2 Å². The van der Waals surface area contributed by atoms with Crippen LogP contribution >= 0.6 is 0 Å². The van der Waals surface area contributed by atoms with Crippen LogP contribution < -0.4 is 5.69 Å². The molecule has 108 valence electrons. The third-order valence-corrected chi connectivity index (χ3v) is 3.26. The van der Waals surface area contributed by atoms with E-state index in [1.807, 2.05) is 0 Å². The molecule has 21 heavy (non-hydrogen) atoms. The number of halogens is 3. The Morgan fingerprint density at radius 2 is 1.86 bits per heavy atom. The molecule has 0 fully saturated rings. The zero-order chi connectivity index (χ0) is 15.2. The second kappa shape index (κ2) is 4.47. The number of alkyl halides is 3. The summed E-state index contributed by atoms with van der Waals surface area (Å²) in [4.78, 5) is 16.3. The van der Waals surface area contributed by atoms with Gasteiger partial charge in [0, 0.05) is 13.2 Å². The van der Waals surface area contributed by atoms with Gasteiger partial charge in [-0.1, -0.05) is 6.07 Å². The summed E-state index contributed by atoms with van der Waals surface area (Å²) in [6, 6.07) is 8.12. The quantitative estimate of drug-likeness (QED) is 0.692. The molecule has 2 aromatic heterocycles. The van der Waals surface area contributed by atoms with Crippen LogP contribution in [0.25, 0.3) is 16.9 Å². The molecule has 0 radical (unpaired) electrons. The van der Waals surface area contributed by atoms with Crippen LogP contribution in [0.3, 0.4) is 0 Å². The molecule has 7 heteroatoms. The van der Waals surface area contributed by atoms with Crippen LogP contribution in [0, 0.1) is 0 Å². The number of imidazole rings is 1. The van der Waals surface area contributed by atoms with Crippen molar-refractivity contribution in [2.24, 2.45) is 7.05 Å². The Labute approximate surface area is 117 Å². The molecule has 0 unspecified atom stereocenters. The Balaban J connectivity index is 2.38. The van der Waals surface area contributed by atoms with Crippen molar-refractivity contribution in [2.75, 3.05) is 0 Å². The molecule has 3 aromatic rings. The van der Waals surface area contributed by atoms with Crippen LogP contribution in [-0.2, 0) is 13.2 Å². The summed E-state index contributed by atoms with van der Waals surface area (Å²) >= 11 is 0. The van der Waals surface area contributed by atoms with Gasteiger partial charge < -0.3 is 0 Å². The van der Waals surface area contributed by atoms with Crippen molar-refractivity contribution in [3.05, 3.63) is 58.6 Å². The zero-order valence-corrected chi connectivity index (χ0v) is 10.9. The standard InChI is InChI=1S/C14H10F3N3O/c1-19-10-6-5-9(14(15,16)17)8-11(10)20(13(19)21)12-4-2-3-7-18-12/h2-8H,1H3. The topological polar surface area (TPSA) is 39.8 Å². The lowest BCUT2D eigenvalue weighted by Gasteiger charge is -2.07. The molecule has 0 aliphatic carbocycles. The molecule has 0 bridgehead atoms. The van der Waals surface area contributed by atoms with E-state index in [0.717, 1.165) is 12.1 Å². The minimum atomic E-state index is -4.46. The number of aryl methyl sites for hydroxylation is 1. The van der Waals surface area contributed by atoms with Gasteiger partial charge in [0.15, 0.2) is 0 Å². The third-order valence-electron chi connectivity index (χ3n) is 3.26. The number of hydrogen-bond donors (Lipinski definition) is 0. The van der Waals surface area contributed by atoms with Gasteiger partial charge >= 0.3 is 11.9 Å². The minimum absolute atomic E-state index is 0.177. The van der Waals surface area contributed by atoms with Gasteiger partial charge in [-0.25, -0.2) is 14.3 Å². The first kappa shape index (κ1) is 13.4. The molecule has 0 atom stereocenters. The Morgan fingerprint density at radius 1 is 1.10 bits per heavy atom. The Morgan fingerprint density at radius 3 is 2.48 bits per heavy atom. The molecule has 2 heterocycles. The summed E-state index contributed by atoms with van der Waals surface area (Å²) in [6.07, 6.45) is -2.98. The summed E-state index contributed by atoms with van der Waals surface area (Å²) in [5.74, 6) is 0.285. The number of hydrogen-bond acceptors (Lipinski definition) is 2. The van der Waals surface area contributed by atoms with Crippen molar-refractivity contribution < 1.29 is 13.2 Å². The molecule has 0 saturated carbocycles. The third kappa shape index (κ3) is 2.10. The Hall–Kier alpha value is -2.57. The second-order valence-corrected chi connectivity index (χ2v) is 4.57. The molecule has 0 spiro atoms. The molecule has 3 rings (SSSR count). The predicted octanol–water partition coefficient (Wildman–Crippen LogP) is 2.74. The number of benzene rings is 1. The molecule has 0 aliphatic rings. The van der Waals surface area contributed by atoms with Crippen LogP contribution in [0.5, 0.6) is 0 Å². The first-order valence-corrected chi connectivity index (χ1v) is 6.09. The van der Waals surface area contributed by atoms with Gasteiger partial charge in [-0.3, -0.25) is 4.57 Å². The van der Waals surface area contributed by atoms with Gasteiger partial charge in [0.05, 0.1) is 16.6 Å². The lowest BCUT2D eigenvalue weighted by Crippen LogP contribution is -2.21. The fraction of sp³-hybridized carbons (Fsp3) is 0.143. The van der Waals surface area contributed by atoms with Crippen LogP contribution in [-0.4, -0.2) is 14.1 Å². The molecular weight excluding hydrogens is 283 g/mol. The average Bonchev–Trinajstić information content (AvgIpc) is 2.70. The Bertz CT molecular complexity index is 863. The maximum atomic E-state index is 12.8. The van der Waals surface area contributed by atoms with Crippen LogP contribution in [0.2, 0.25) is 0 Å². The summed E-state index contributed by atoms with van der Waals surface area (Å²) in [5.41, 5.74) is -0.650. The molecule has 4 nitrogen and oxygen atoms in total. The molecule has 0 saturated heterocycles. The summed E-state index contributed by atoms with van der Waals surface area (Å²) < 4.78 is 41.0. The van der Waals surface area contributed by atoms with Gasteiger partial charge in [-0.15, -0.1) is 0 Å². The van der Waals surface area contributed by atoms with Crippen LogP contribution in [0.4, 0.5) is 13.2 Å². The highest BCUT2D eigenvalue weighted by atomic mass is 19.4. The smallest absolute Gasteiger partial charge is 0.295 e. The highest BCUT2D eigenvalue weighted by molar-refractivity contribution is 5.78. The fourth-order valence-corrected chi connectivity index (χ4v) is 2.23. The van der Waals surface area contributed by atoms with Crippen molar-refractivity contribution in [1.29, 1.82) is 0 Å². The second-order valence-electron chi connectivity index (χ2n) is 4.57. The van der Waals surface area contributed by atoms with Crippen molar-refractivity contribution in [2.45, 2.75) is 6.18 Å². The van der Waals surface area contributed by atoms with Crippen molar-refractivity contribution in [3.8, 4) is 5.82 Å². The molecule has 1 aromatic carbocycles. The fourth-order valence-electron chi connectivity index (χ4n) is 2.23. The monoisotopic (exact) mass is 293 g/mol. The van der Waals surface area contributed by atoms with E-state index in [-0.39, 0.29) is 11.3 Å². The zero-order valence-electron chi connectivity index (χ0n) is 10.9. The van der Waals surface area contributed by atoms with E-state index < -0.39 is 17.4 Å². The van der Waals surface area contributed by atoms with Gasteiger partial charge in [0.2, 0.25) is 0 Å². The van der Waals surface area contributed by atoms with E-state index in [9.17, 15) is 18.0 Å². The lowest BCUT2D eigenvalue weighted by molar-refractivity contribution is -0.137. The number of aromatic nitrogens is 3. The summed E-state index contributed by atoms with van der Waals surface area (Å²) in [5, 5.41) is 0. The van der Waals surface area contributed by atoms with Gasteiger partial charge in [0.1, 0.15) is 5.82 Å². The number of fused-ring (bicyclic) bond motifs is 1. The molecule has 0 aliphatic heterocycles. The number of nitrogens with zero attached hydrogens (tertiary/aromatic N) is 3. The Kier molecular flexibility index (Phi) is 2.86. The van der Waals surface area contributed by atoms with E-state index in [1.54, 1.807) is 18.2 Å². The first-order valence-electron chi connectivity index (χ1n) is 6.09. The van der Waals surface area contributed by atoms with E-state index in [4.69, 9.17) is 0 Å². The largest absolute Gasteiger partial charge is 0.416 e. The van der Waals surface area contributed by atoms with E-state index in [0.29, 0.717) is 5.52 Å². The molecule has 0 amide bonds. The van der Waals surface area contributed by atoms with Gasteiger partial charge in [0.25, 0.3) is 0 Å². The minimum Gasteiger partial charge on any atom is -0.295 e. The van der Waals surface area contributed by atoms with Crippen molar-refractivity contribution >= 4 is 11.0 Å². The van der Waals surface area contributed by atoms with Crippen molar-refractivity contribution in [1.82, 2.24) is 14.1 Å². The SMILES string of the molecule is Cn1c(=O)n(-c2ccccn2)c2cc(C(F)(F)F)ccc21. The summed E-state index contributed by atoms with van der Waals surface area (Å²) in [6.45, 7) is 0. The lowest BCUT2D eigenvalue weighted by atomic mass is 10.2. The maximum Gasteiger partial charge on any atom is 0.416 e. The summed E-state index contributed by atoms with van der Waals surface area (Å²) in [7, 11) is 1.51. The predicted molar refractivity (Wildman–Crippen MR) is 71.3 cm³/mol. The highest BCUT2D eigenvalue weighted by Crippen LogP contribution is 2.31. The average molecular weight is 293 g/mol. The number of rotatable bonds is 1. The molecule has 0 N–H and O–H groups in total. The van der Waals surface area contributed by atoms with E-state index in [2.05, 4.69) is 4.98 Å². The van der Waals surface area contributed by atoms with Crippen LogP contribution in [0.1, 0.15) is 5.56 Å². The van der Waals surface area contributed by atoms with E-state index in [1.165, 1.54) is 28.4 Å². The first-order chi connectivity index (χ1) is 9.89. The number of pyridine rings is 1. The normalized spacial score (nSPS) is 12.0.